The summed E-state index contributed by atoms with van der Waals surface area (Å²) in [5.74, 6) is 2.97. The van der Waals surface area contributed by atoms with E-state index in [0.717, 1.165) is 17.8 Å². The Morgan fingerprint density at radius 2 is 1.83 bits per heavy atom. The molecule has 1 rings (SSSR count). The summed E-state index contributed by atoms with van der Waals surface area (Å²) in [5.41, 5.74) is 0.523. The zero-order valence-corrected chi connectivity index (χ0v) is 9.35. The zero-order valence-electron chi connectivity index (χ0n) is 9.35. The van der Waals surface area contributed by atoms with Gasteiger partial charge in [-0.2, -0.15) is 0 Å². The highest BCUT2D eigenvalue weighted by atomic mass is 14.4. The summed E-state index contributed by atoms with van der Waals surface area (Å²) in [6.45, 7) is 11.9. The SMILES string of the molecule is CC1CCC1C(C)CC(C)(C)C. The van der Waals surface area contributed by atoms with Crippen molar-refractivity contribution >= 4 is 0 Å². The molecule has 0 bridgehead atoms. The second-order valence-electron chi connectivity index (χ2n) is 5.96. The van der Waals surface area contributed by atoms with E-state index in [1.54, 1.807) is 0 Å². The van der Waals surface area contributed by atoms with Crippen molar-refractivity contribution in [2.24, 2.45) is 23.2 Å². The van der Waals surface area contributed by atoms with E-state index in [-0.39, 0.29) is 0 Å². The molecule has 0 saturated heterocycles. The zero-order chi connectivity index (χ0) is 9.35. The summed E-state index contributed by atoms with van der Waals surface area (Å²) in [4.78, 5) is 0. The first-order valence-electron chi connectivity index (χ1n) is 5.40. The van der Waals surface area contributed by atoms with E-state index in [1.807, 2.05) is 0 Å². The molecule has 0 N–H and O–H groups in total. The van der Waals surface area contributed by atoms with Crippen molar-refractivity contribution in [3.63, 3.8) is 0 Å². The molecule has 1 fully saturated rings. The molecule has 0 radical (unpaired) electrons. The lowest BCUT2D eigenvalue weighted by atomic mass is 9.65. The number of hydrogen-bond donors (Lipinski definition) is 0. The van der Waals surface area contributed by atoms with Gasteiger partial charge in [-0.25, -0.2) is 0 Å². The highest BCUT2D eigenvalue weighted by Crippen LogP contribution is 2.43. The van der Waals surface area contributed by atoms with Crippen LogP contribution in [0.2, 0.25) is 0 Å². The molecule has 1 saturated carbocycles. The fraction of sp³-hybridized carbons (Fsp3) is 1.00. The van der Waals surface area contributed by atoms with Gasteiger partial charge in [0.2, 0.25) is 0 Å². The maximum absolute atomic E-state index is 2.44. The third kappa shape index (κ3) is 2.50. The van der Waals surface area contributed by atoms with E-state index in [0.29, 0.717) is 5.41 Å². The Hall–Kier alpha value is 0. The maximum Gasteiger partial charge on any atom is -0.0362 e. The van der Waals surface area contributed by atoms with Crippen LogP contribution in [-0.4, -0.2) is 0 Å². The summed E-state index contributed by atoms with van der Waals surface area (Å²) < 4.78 is 0. The van der Waals surface area contributed by atoms with Gasteiger partial charge < -0.3 is 0 Å². The van der Waals surface area contributed by atoms with Crippen LogP contribution in [0.15, 0.2) is 0 Å². The summed E-state index contributed by atoms with van der Waals surface area (Å²) in [5, 5.41) is 0. The van der Waals surface area contributed by atoms with Gasteiger partial charge in [-0.1, -0.05) is 41.0 Å². The highest BCUT2D eigenvalue weighted by Gasteiger charge is 2.32. The molecule has 0 aromatic rings. The molecule has 0 spiro atoms. The van der Waals surface area contributed by atoms with Gasteiger partial charge in [-0.05, 0) is 36.0 Å². The molecule has 72 valence electrons. The second-order valence-corrected chi connectivity index (χ2v) is 5.96. The van der Waals surface area contributed by atoms with Gasteiger partial charge in [0, 0.05) is 0 Å². The van der Waals surface area contributed by atoms with Crippen molar-refractivity contribution in [3.05, 3.63) is 0 Å². The van der Waals surface area contributed by atoms with Crippen LogP contribution in [0.5, 0.6) is 0 Å². The standard InChI is InChI=1S/C12H24/c1-9-6-7-11(9)10(2)8-12(3,4)5/h9-11H,6-8H2,1-5H3. The number of hydrogen-bond acceptors (Lipinski definition) is 0. The molecule has 12 heavy (non-hydrogen) atoms. The lowest BCUT2D eigenvalue weighted by Gasteiger charge is -2.40. The molecule has 3 unspecified atom stereocenters. The maximum atomic E-state index is 2.44. The average molecular weight is 168 g/mol. The van der Waals surface area contributed by atoms with Crippen molar-refractivity contribution in [1.29, 1.82) is 0 Å². The van der Waals surface area contributed by atoms with Crippen LogP contribution < -0.4 is 0 Å². The van der Waals surface area contributed by atoms with Crippen LogP contribution in [-0.2, 0) is 0 Å². The van der Waals surface area contributed by atoms with Gasteiger partial charge in [0.25, 0.3) is 0 Å². The first-order chi connectivity index (χ1) is 5.40. The smallest absolute Gasteiger partial charge is 0.0362 e. The minimum atomic E-state index is 0.523. The van der Waals surface area contributed by atoms with Gasteiger partial charge in [0.05, 0.1) is 0 Å². The molecule has 0 aliphatic heterocycles. The predicted molar refractivity (Wildman–Crippen MR) is 55.1 cm³/mol. The Balaban J connectivity index is 2.33. The van der Waals surface area contributed by atoms with Crippen LogP contribution in [0.25, 0.3) is 0 Å². The largest absolute Gasteiger partial charge is 0.0622 e. The first kappa shape index (κ1) is 10.1. The van der Waals surface area contributed by atoms with Gasteiger partial charge in [0.15, 0.2) is 0 Å². The normalized spacial score (nSPS) is 32.8. The van der Waals surface area contributed by atoms with E-state index in [4.69, 9.17) is 0 Å². The molecule has 0 aromatic heterocycles. The van der Waals surface area contributed by atoms with Crippen molar-refractivity contribution in [1.82, 2.24) is 0 Å². The highest BCUT2D eigenvalue weighted by molar-refractivity contribution is 4.83. The Kier molecular flexibility index (Phi) is 2.85. The molecule has 0 amide bonds. The second kappa shape index (κ2) is 3.40. The summed E-state index contributed by atoms with van der Waals surface area (Å²) in [6.07, 6.45) is 4.35. The quantitative estimate of drug-likeness (QED) is 0.582. The Labute approximate surface area is 77.7 Å². The third-order valence-corrected chi connectivity index (χ3v) is 3.35. The van der Waals surface area contributed by atoms with Gasteiger partial charge in [-0.3, -0.25) is 0 Å². The molecule has 0 heterocycles. The minimum Gasteiger partial charge on any atom is -0.0622 e. The van der Waals surface area contributed by atoms with Crippen molar-refractivity contribution < 1.29 is 0 Å². The Bertz CT molecular complexity index is 141. The molecular weight excluding hydrogens is 144 g/mol. The lowest BCUT2D eigenvalue weighted by Crippen LogP contribution is -2.31. The monoisotopic (exact) mass is 168 g/mol. The fourth-order valence-corrected chi connectivity index (χ4v) is 2.66. The summed E-state index contributed by atoms with van der Waals surface area (Å²) >= 11 is 0. The van der Waals surface area contributed by atoms with Crippen LogP contribution >= 0.6 is 0 Å². The van der Waals surface area contributed by atoms with Crippen molar-refractivity contribution in [3.8, 4) is 0 Å². The lowest BCUT2D eigenvalue weighted by molar-refractivity contribution is 0.0989. The molecule has 1 aliphatic rings. The molecule has 0 aromatic carbocycles. The van der Waals surface area contributed by atoms with E-state index >= 15 is 0 Å². The minimum absolute atomic E-state index is 0.523. The Morgan fingerprint density at radius 3 is 2.08 bits per heavy atom. The average Bonchev–Trinajstić information content (AvgIpc) is 1.79. The third-order valence-electron chi connectivity index (χ3n) is 3.35. The molecule has 1 aliphatic carbocycles. The molecular formula is C12H24. The molecule has 3 atom stereocenters. The van der Waals surface area contributed by atoms with E-state index in [9.17, 15) is 0 Å². The van der Waals surface area contributed by atoms with Crippen LogP contribution in [0, 0.1) is 23.2 Å². The summed E-state index contributed by atoms with van der Waals surface area (Å²) in [6, 6.07) is 0. The summed E-state index contributed by atoms with van der Waals surface area (Å²) in [7, 11) is 0. The molecule has 0 nitrogen and oxygen atoms in total. The van der Waals surface area contributed by atoms with Gasteiger partial charge >= 0.3 is 0 Å². The van der Waals surface area contributed by atoms with E-state index in [2.05, 4.69) is 34.6 Å². The van der Waals surface area contributed by atoms with Crippen LogP contribution in [0.4, 0.5) is 0 Å². The number of rotatable bonds is 2. The van der Waals surface area contributed by atoms with Crippen molar-refractivity contribution in [2.45, 2.75) is 53.9 Å². The van der Waals surface area contributed by atoms with Gasteiger partial charge in [-0.15, -0.1) is 0 Å². The van der Waals surface area contributed by atoms with Crippen LogP contribution in [0.3, 0.4) is 0 Å². The fourth-order valence-electron chi connectivity index (χ4n) is 2.66. The topological polar surface area (TPSA) is 0 Å². The van der Waals surface area contributed by atoms with Crippen LogP contribution in [0.1, 0.15) is 53.9 Å². The van der Waals surface area contributed by atoms with E-state index in [1.165, 1.54) is 19.3 Å². The predicted octanol–water partition coefficient (Wildman–Crippen LogP) is 4.10. The van der Waals surface area contributed by atoms with E-state index < -0.39 is 0 Å². The Morgan fingerprint density at radius 1 is 1.25 bits per heavy atom. The first-order valence-corrected chi connectivity index (χ1v) is 5.40. The van der Waals surface area contributed by atoms with Crippen molar-refractivity contribution in [2.75, 3.05) is 0 Å². The van der Waals surface area contributed by atoms with Gasteiger partial charge in [0.1, 0.15) is 0 Å². The molecule has 0 heteroatoms.